The number of rotatable bonds is 27. The highest BCUT2D eigenvalue weighted by Crippen LogP contribution is 2.40. The quantitative estimate of drug-likeness (QED) is 0.0299. The van der Waals surface area contributed by atoms with Crippen molar-refractivity contribution in [1.82, 2.24) is 75.8 Å². The summed E-state index contributed by atoms with van der Waals surface area (Å²) in [5.74, 6) is 3.28. The lowest BCUT2D eigenvalue weighted by atomic mass is 9.82. The molecular weight excluding hydrogens is 1900 g/mol. The van der Waals surface area contributed by atoms with E-state index in [9.17, 15) is 27.6 Å². The molecular formula is C112H156N20O15S. The number of anilines is 5. The van der Waals surface area contributed by atoms with Crippen LogP contribution in [0.15, 0.2) is 123 Å². The molecule has 5 aliphatic heterocycles. The summed E-state index contributed by atoms with van der Waals surface area (Å²) in [5, 5.41) is 12.1. The van der Waals surface area contributed by atoms with Crippen molar-refractivity contribution < 1.29 is 70.2 Å². The molecule has 10 aromatic rings. The smallest absolute Gasteiger partial charge is 0.407 e. The van der Waals surface area contributed by atoms with Crippen LogP contribution < -0.4 is 50.5 Å². The van der Waals surface area contributed by atoms with Crippen molar-refractivity contribution in [2.24, 2.45) is 35.5 Å². The van der Waals surface area contributed by atoms with Gasteiger partial charge in [0.25, 0.3) is 0 Å². The van der Waals surface area contributed by atoms with Crippen LogP contribution in [0.4, 0.5) is 47.6 Å². The molecule has 5 aromatic heterocycles. The second-order valence-corrected chi connectivity index (χ2v) is 43.8. The van der Waals surface area contributed by atoms with Crippen LogP contribution in [0.25, 0.3) is 55.2 Å². The lowest BCUT2D eigenvalue weighted by molar-refractivity contribution is 0.108. The number of hydrogen-bond donors (Lipinski definition) is 5. The van der Waals surface area contributed by atoms with E-state index in [1.54, 1.807) is 62.0 Å². The molecule has 10 fully saturated rings. The minimum atomic E-state index is -3.13. The fraction of sp³-hybridized carbons (Fsp3) is 0.607. The Morgan fingerprint density at radius 3 is 0.777 bits per heavy atom. The summed E-state index contributed by atoms with van der Waals surface area (Å²) in [5.41, 5.74) is 22.2. The van der Waals surface area contributed by atoms with Gasteiger partial charge in [0.1, 0.15) is 0 Å². The van der Waals surface area contributed by atoms with Gasteiger partial charge in [0.05, 0.1) is 153 Å². The van der Waals surface area contributed by atoms with E-state index in [-0.39, 0.29) is 60.7 Å². The molecule has 0 spiro atoms. The molecule has 5 saturated heterocycles. The third-order valence-corrected chi connectivity index (χ3v) is 30.9. The standard InChI is InChI=1S/C24H34N4O3.2C23H32N4O3.C22H30N4O3.C20H28N4O3S/c1-17(2)16-31-24(29)27-20-5-3-18(4-6-20)13-19-14-21(28-9-11-30-12-10-28)15-22-23(19)26-8-7-25-22;1-16(2)30-23(28)26-19-5-3-17(4-6-19)13-18-14-20(27-9-11-29-12-10-27)15-21-22(18)25-8-7-24-21;1-2-11-30-23(28)26-19-5-3-17(4-6-19)14-18-15-20(27-9-12-29-13-10-27)16-21-22(18)25-8-7-24-21;1-2-29-22(27)25-18-5-3-16(4-6-18)13-17-14-19(26-9-11-28-12-10-26)15-20-21(17)24-8-7-23-20;1-28(25,26)23-17-4-2-15(3-5-17)12-16-13-18(24-8-10-27-11-9-24)14-19-20(16)22-7-6-21-19/h7-8,14-15,17-18,20H,3-6,9-13,16H2,1-2H3,(H,27,29);7-8,14-17,19H,3-6,9-13H2,1-2H3,(H,26,28);7-8,15-17,19H,2-6,9-14H2,1H3,(H,26,28);7-8,14-16,18H,2-6,9-13H2,1H3,(H,25,27);6-7,13-15,17,23H,2-5,8-12H2,1H3. The van der Waals surface area contributed by atoms with Gasteiger partial charge in [0, 0.05) is 186 Å². The van der Waals surface area contributed by atoms with Gasteiger partial charge in [0.15, 0.2) is 0 Å². The SMILES string of the molecule is CC(C)COC(=O)NC1CCC(Cc2cc(N3CCOCC3)cc3nccnc23)CC1.CC(C)OC(=O)NC1CCC(Cc2cc(N3CCOCC3)cc3nccnc23)CC1.CCCOC(=O)NC1CCC(Cc2cc(N3CCOCC3)cc3nccnc23)CC1.CCOC(=O)NC1CCC(Cc2cc(N3CCOCC3)cc3nccnc23)CC1.CS(=O)(=O)NC1CCC(Cc2cc(N3CCOCC3)cc3nccnc23)CC1. The van der Waals surface area contributed by atoms with E-state index in [1.807, 2.05) is 41.5 Å². The zero-order chi connectivity index (χ0) is 103. The molecule has 0 atom stereocenters. The molecule has 5 saturated carbocycles. The molecule has 5 aliphatic carbocycles. The summed E-state index contributed by atoms with van der Waals surface area (Å²) in [6.45, 7) is 29.8. The number of carbonyl (C=O) groups is 4. The maximum Gasteiger partial charge on any atom is 0.407 e. The minimum Gasteiger partial charge on any atom is -0.450 e. The average molecular weight is 2050 g/mol. The Hall–Kier alpha value is -11.4. The third-order valence-electron chi connectivity index (χ3n) is 30.1. The van der Waals surface area contributed by atoms with Crippen LogP contribution in [0.1, 0.15) is 204 Å². The molecule has 5 N–H and O–H groups in total. The summed E-state index contributed by atoms with van der Waals surface area (Å²) in [6.07, 6.45) is 44.1. The monoisotopic (exact) mass is 2050 g/mol. The van der Waals surface area contributed by atoms with Gasteiger partial charge in [-0.15, -0.1) is 0 Å². The topological polar surface area (TPSA) is 391 Å². The van der Waals surface area contributed by atoms with E-state index >= 15 is 0 Å². The van der Waals surface area contributed by atoms with E-state index in [1.165, 1.54) is 62.5 Å². The zero-order valence-corrected chi connectivity index (χ0v) is 88.7. The van der Waals surface area contributed by atoms with Crippen molar-refractivity contribution in [3.63, 3.8) is 0 Å². The van der Waals surface area contributed by atoms with Crippen molar-refractivity contribution in [3.05, 3.63) is 150 Å². The number of nitrogens with one attached hydrogen (secondary N) is 5. The molecule has 148 heavy (non-hydrogen) atoms. The molecule has 10 heterocycles. The number of ether oxygens (including phenoxy) is 9. The Bertz CT molecular complexity index is 6010. The first-order valence-electron chi connectivity index (χ1n) is 54.7. The molecule has 0 bridgehead atoms. The predicted octanol–water partition coefficient (Wildman–Crippen LogP) is 16.8. The third kappa shape index (κ3) is 32.8. The number of sulfonamides is 1. The van der Waals surface area contributed by atoms with Crippen LogP contribution in [0.5, 0.6) is 0 Å². The summed E-state index contributed by atoms with van der Waals surface area (Å²) >= 11 is 0. The second kappa shape index (κ2) is 55.4. The van der Waals surface area contributed by atoms with E-state index in [0.29, 0.717) is 55.3 Å². The predicted molar refractivity (Wildman–Crippen MR) is 577 cm³/mol. The second-order valence-electron chi connectivity index (χ2n) is 42.0. The molecule has 10 aliphatic rings. The van der Waals surface area contributed by atoms with Gasteiger partial charge in [-0.05, 0) is 312 Å². The molecule has 4 amide bonds. The van der Waals surface area contributed by atoms with Gasteiger partial charge >= 0.3 is 24.4 Å². The van der Waals surface area contributed by atoms with Gasteiger partial charge in [0.2, 0.25) is 10.0 Å². The highest BCUT2D eigenvalue weighted by Gasteiger charge is 2.33. The van der Waals surface area contributed by atoms with Gasteiger partial charge in [-0.25, -0.2) is 32.3 Å². The molecule has 800 valence electrons. The number of morpholine rings is 5. The maximum absolute atomic E-state index is 12.0. The van der Waals surface area contributed by atoms with E-state index < -0.39 is 10.0 Å². The summed E-state index contributed by atoms with van der Waals surface area (Å²) in [4.78, 5) is 105. The fourth-order valence-corrected chi connectivity index (χ4v) is 23.3. The fourth-order valence-electron chi connectivity index (χ4n) is 22.4. The van der Waals surface area contributed by atoms with Crippen LogP contribution in [0, 0.1) is 35.5 Å². The number of amides is 4. The first-order valence-corrected chi connectivity index (χ1v) is 56.5. The Balaban J connectivity index is 0.000000132. The molecule has 0 radical (unpaired) electrons. The Labute approximate surface area is 871 Å². The Morgan fingerprint density at radius 2 is 0.547 bits per heavy atom. The number of benzene rings is 5. The summed E-state index contributed by atoms with van der Waals surface area (Å²) in [7, 11) is -3.13. The number of carbonyl (C=O) groups excluding carboxylic acids is 4. The normalized spacial score (nSPS) is 22.5. The molecule has 36 heteroatoms. The van der Waals surface area contributed by atoms with Crippen LogP contribution in [0.3, 0.4) is 0 Å². The average Bonchev–Trinajstić information content (AvgIpc) is 0.808. The Kier molecular flexibility index (Phi) is 40.9. The lowest BCUT2D eigenvalue weighted by Crippen LogP contribution is -2.39. The van der Waals surface area contributed by atoms with Crippen molar-refractivity contribution in [2.75, 3.05) is 182 Å². The lowest BCUT2D eigenvalue weighted by Gasteiger charge is -2.31. The Morgan fingerprint density at radius 1 is 0.318 bits per heavy atom. The van der Waals surface area contributed by atoms with Gasteiger partial charge < -0.3 is 88.4 Å². The number of hydrogen-bond acceptors (Lipinski definition) is 30. The molecule has 20 rings (SSSR count). The van der Waals surface area contributed by atoms with Crippen molar-refractivity contribution in [1.29, 1.82) is 0 Å². The first-order chi connectivity index (χ1) is 72.1. The van der Waals surface area contributed by atoms with Crippen LogP contribution in [-0.2, 0) is 84.8 Å². The number of nitrogens with zero attached hydrogens (tertiary/aromatic N) is 15. The van der Waals surface area contributed by atoms with Gasteiger partial charge in [-0.3, -0.25) is 49.8 Å². The van der Waals surface area contributed by atoms with Crippen molar-refractivity contribution in [2.45, 2.75) is 245 Å². The number of fused-ring (bicyclic) bond motifs is 5. The van der Waals surface area contributed by atoms with Crippen LogP contribution in [-0.4, -0.2) is 277 Å². The highest BCUT2D eigenvalue weighted by atomic mass is 32.2. The van der Waals surface area contributed by atoms with Gasteiger partial charge in [-0.1, -0.05) is 20.8 Å². The minimum absolute atomic E-state index is 0.0717. The zero-order valence-electron chi connectivity index (χ0n) is 87.9. The van der Waals surface area contributed by atoms with E-state index in [0.717, 1.165) is 354 Å². The largest absolute Gasteiger partial charge is 0.450 e. The van der Waals surface area contributed by atoms with Crippen LogP contribution in [0.2, 0.25) is 0 Å². The first kappa shape index (κ1) is 109. The maximum atomic E-state index is 12.0. The van der Waals surface area contributed by atoms with Crippen molar-refractivity contribution >= 4 is 118 Å². The number of alkyl carbamates (subject to hydrolysis) is 4. The summed E-state index contributed by atoms with van der Waals surface area (Å²) < 4.78 is 73.9. The molecule has 5 aromatic carbocycles. The van der Waals surface area contributed by atoms with E-state index in [2.05, 4.69) is 161 Å². The van der Waals surface area contributed by atoms with Gasteiger partial charge in [-0.2, -0.15) is 0 Å². The molecule has 0 unspecified atom stereocenters. The van der Waals surface area contributed by atoms with Crippen molar-refractivity contribution in [3.8, 4) is 0 Å². The molecule has 35 nitrogen and oxygen atoms in total. The van der Waals surface area contributed by atoms with E-state index in [4.69, 9.17) is 42.6 Å². The highest BCUT2D eigenvalue weighted by molar-refractivity contribution is 7.88. The number of aromatic nitrogens is 10. The van der Waals surface area contributed by atoms with Crippen LogP contribution >= 0.6 is 0 Å². The summed E-state index contributed by atoms with van der Waals surface area (Å²) in [6, 6.07) is 23.1.